The molecule has 1 rings (SSSR count). The lowest BCUT2D eigenvalue weighted by Gasteiger charge is -2.33. The zero-order valence-corrected chi connectivity index (χ0v) is 9.66. The van der Waals surface area contributed by atoms with Crippen LogP contribution in [0.4, 0.5) is 0 Å². The molecule has 1 fully saturated rings. The Kier molecular flexibility index (Phi) is 3.97. The summed E-state index contributed by atoms with van der Waals surface area (Å²) in [7, 11) is 0. The Morgan fingerprint density at radius 3 is 2.77 bits per heavy atom. The second-order valence-electron chi connectivity index (χ2n) is 4.30. The van der Waals surface area contributed by atoms with E-state index in [0.717, 1.165) is 24.1 Å². The predicted molar refractivity (Wildman–Crippen MR) is 60.8 cm³/mol. The maximum absolute atomic E-state index is 5.32. The minimum Gasteiger partial charge on any atom is -0.360 e. The normalized spacial score (nSPS) is 23.4. The summed E-state index contributed by atoms with van der Waals surface area (Å²) in [5, 5.41) is 4.22. The van der Waals surface area contributed by atoms with Crippen molar-refractivity contribution in [2.75, 3.05) is 13.1 Å². The van der Waals surface area contributed by atoms with Crippen LogP contribution in [0.2, 0.25) is 0 Å². The van der Waals surface area contributed by atoms with Gasteiger partial charge in [-0.05, 0) is 44.8 Å². The van der Waals surface area contributed by atoms with Crippen LogP contribution in [0.15, 0.2) is 0 Å². The van der Waals surface area contributed by atoms with Gasteiger partial charge in [-0.25, -0.2) is 0 Å². The first-order chi connectivity index (χ1) is 6.09. The molecule has 0 spiro atoms. The molecule has 0 aromatic rings. The summed E-state index contributed by atoms with van der Waals surface area (Å²) in [6.07, 6.45) is 2.63. The Labute approximate surface area is 86.7 Å². The number of nitrogens with zero attached hydrogens (tertiary/aromatic N) is 1. The highest BCUT2D eigenvalue weighted by atomic mass is 32.1. The lowest BCUT2D eigenvalue weighted by atomic mass is 10.0. The van der Waals surface area contributed by atoms with Gasteiger partial charge in [-0.3, -0.25) is 0 Å². The molecule has 1 atom stereocenters. The van der Waals surface area contributed by atoms with E-state index in [1.54, 1.807) is 0 Å². The van der Waals surface area contributed by atoms with Gasteiger partial charge in [0.05, 0.1) is 0 Å². The van der Waals surface area contributed by atoms with Crippen molar-refractivity contribution < 1.29 is 0 Å². The highest BCUT2D eigenvalue weighted by molar-refractivity contribution is 7.80. The summed E-state index contributed by atoms with van der Waals surface area (Å²) in [4.78, 5) is 2.30. The van der Waals surface area contributed by atoms with Crippen LogP contribution in [0.1, 0.15) is 33.6 Å². The summed E-state index contributed by atoms with van der Waals surface area (Å²) in [5.41, 5.74) is 0. The Morgan fingerprint density at radius 2 is 2.23 bits per heavy atom. The number of piperidine rings is 1. The third-order valence-corrected chi connectivity index (χ3v) is 2.73. The highest BCUT2D eigenvalue weighted by Gasteiger charge is 2.18. The molecule has 1 heterocycles. The van der Waals surface area contributed by atoms with Crippen molar-refractivity contribution in [3.63, 3.8) is 0 Å². The van der Waals surface area contributed by atoms with E-state index in [1.165, 1.54) is 12.8 Å². The molecule has 0 amide bonds. The number of thiocarbonyl (C=S) groups is 1. The third-order valence-electron chi connectivity index (χ3n) is 2.36. The Morgan fingerprint density at radius 1 is 1.54 bits per heavy atom. The molecular weight excluding hydrogens is 180 g/mol. The van der Waals surface area contributed by atoms with Crippen molar-refractivity contribution in [2.24, 2.45) is 5.92 Å². The van der Waals surface area contributed by atoms with Crippen LogP contribution < -0.4 is 5.32 Å². The molecule has 13 heavy (non-hydrogen) atoms. The number of hydrogen-bond donors (Lipinski definition) is 1. The van der Waals surface area contributed by atoms with Crippen LogP contribution in [-0.2, 0) is 0 Å². The summed E-state index contributed by atoms with van der Waals surface area (Å²) in [6, 6.07) is 0.449. The first-order valence-electron chi connectivity index (χ1n) is 5.15. The fraction of sp³-hybridized carbons (Fsp3) is 0.900. The van der Waals surface area contributed by atoms with E-state index >= 15 is 0 Å². The summed E-state index contributed by atoms with van der Waals surface area (Å²) >= 11 is 5.32. The maximum atomic E-state index is 5.32. The van der Waals surface area contributed by atoms with Crippen molar-refractivity contribution in [2.45, 2.75) is 39.7 Å². The predicted octanol–water partition coefficient (Wildman–Crippen LogP) is 2.00. The molecule has 2 nitrogen and oxygen atoms in total. The van der Waals surface area contributed by atoms with Crippen molar-refractivity contribution in [1.82, 2.24) is 10.2 Å². The average Bonchev–Trinajstić information content (AvgIpc) is 2.03. The zero-order chi connectivity index (χ0) is 9.84. The lowest BCUT2D eigenvalue weighted by molar-refractivity contribution is 0.269. The van der Waals surface area contributed by atoms with Gasteiger partial charge in [0.15, 0.2) is 5.11 Å². The van der Waals surface area contributed by atoms with Crippen LogP contribution in [0.5, 0.6) is 0 Å². The third kappa shape index (κ3) is 3.51. The molecule has 0 radical (unpaired) electrons. The molecule has 1 unspecified atom stereocenters. The molecule has 0 aromatic carbocycles. The molecule has 1 N–H and O–H groups in total. The Hall–Kier alpha value is -0.310. The van der Waals surface area contributed by atoms with Gasteiger partial charge in [0.2, 0.25) is 0 Å². The molecule has 1 aliphatic rings. The second-order valence-corrected chi connectivity index (χ2v) is 4.68. The molecular formula is C10H20N2S. The standard InChI is InChI=1S/C10H20N2S/c1-8(2)11-10(13)12-6-4-5-9(3)7-12/h8-9H,4-7H2,1-3H3,(H,11,13). The summed E-state index contributed by atoms with van der Waals surface area (Å²) in [6.45, 7) is 8.80. The number of likely N-dealkylation sites (tertiary alicyclic amines) is 1. The van der Waals surface area contributed by atoms with Crippen LogP contribution in [0.3, 0.4) is 0 Å². The quantitative estimate of drug-likeness (QED) is 0.652. The smallest absolute Gasteiger partial charge is 0.169 e. The van der Waals surface area contributed by atoms with E-state index in [4.69, 9.17) is 12.2 Å². The van der Waals surface area contributed by atoms with Crippen LogP contribution in [-0.4, -0.2) is 29.1 Å². The van der Waals surface area contributed by atoms with Crippen molar-refractivity contribution in [1.29, 1.82) is 0 Å². The van der Waals surface area contributed by atoms with E-state index in [1.807, 2.05) is 0 Å². The van der Waals surface area contributed by atoms with Gasteiger partial charge >= 0.3 is 0 Å². The first kappa shape index (κ1) is 10.8. The average molecular weight is 200 g/mol. The second kappa shape index (κ2) is 4.80. The molecule has 0 bridgehead atoms. The van der Waals surface area contributed by atoms with Gasteiger partial charge in [-0.15, -0.1) is 0 Å². The maximum Gasteiger partial charge on any atom is 0.169 e. The summed E-state index contributed by atoms with van der Waals surface area (Å²) < 4.78 is 0. The summed E-state index contributed by atoms with van der Waals surface area (Å²) in [5.74, 6) is 0.792. The SMILES string of the molecule is CC1CCCN(C(=S)NC(C)C)C1. The van der Waals surface area contributed by atoms with Crippen molar-refractivity contribution in [3.05, 3.63) is 0 Å². The van der Waals surface area contributed by atoms with Gasteiger partial charge < -0.3 is 10.2 Å². The largest absolute Gasteiger partial charge is 0.360 e. The molecule has 76 valence electrons. The van der Waals surface area contributed by atoms with Gasteiger partial charge in [0.25, 0.3) is 0 Å². The molecule has 1 saturated heterocycles. The monoisotopic (exact) mass is 200 g/mol. The number of hydrogen-bond acceptors (Lipinski definition) is 1. The molecule has 3 heteroatoms. The molecule has 0 aliphatic carbocycles. The fourth-order valence-corrected chi connectivity index (χ4v) is 2.11. The number of rotatable bonds is 1. The van der Waals surface area contributed by atoms with Gasteiger partial charge in [0, 0.05) is 19.1 Å². The van der Waals surface area contributed by atoms with Crippen LogP contribution >= 0.6 is 12.2 Å². The van der Waals surface area contributed by atoms with Gasteiger partial charge in [-0.1, -0.05) is 6.92 Å². The minimum atomic E-state index is 0.449. The van der Waals surface area contributed by atoms with E-state index < -0.39 is 0 Å². The van der Waals surface area contributed by atoms with E-state index in [9.17, 15) is 0 Å². The first-order valence-corrected chi connectivity index (χ1v) is 5.56. The van der Waals surface area contributed by atoms with Gasteiger partial charge in [-0.2, -0.15) is 0 Å². The zero-order valence-electron chi connectivity index (χ0n) is 8.84. The van der Waals surface area contributed by atoms with E-state index in [2.05, 4.69) is 31.0 Å². The van der Waals surface area contributed by atoms with Crippen LogP contribution in [0.25, 0.3) is 0 Å². The molecule has 0 aromatic heterocycles. The topological polar surface area (TPSA) is 15.3 Å². The lowest BCUT2D eigenvalue weighted by Crippen LogP contribution is -2.46. The fourth-order valence-electron chi connectivity index (χ4n) is 1.71. The van der Waals surface area contributed by atoms with Crippen molar-refractivity contribution in [3.8, 4) is 0 Å². The number of nitrogens with one attached hydrogen (secondary N) is 1. The van der Waals surface area contributed by atoms with Crippen molar-refractivity contribution >= 4 is 17.3 Å². The Balaban J connectivity index is 2.37. The highest BCUT2D eigenvalue weighted by Crippen LogP contribution is 2.15. The molecule has 0 saturated carbocycles. The Bertz CT molecular complexity index is 180. The van der Waals surface area contributed by atoms with E-state index in [-0.39, 0.29) is 0 Å². The molecule has 1 aliphatic heterocycles. The minimum absolute atomic E-state index is 0.449. The van der Waals surface area contributed by atoms with E-state index in [0.29, 0.717) is 6.04 Å². The van der Waals surface area contributed by atoms with Crippen LogP contribution in [0, 0.1) is 5.92 Å². The van der Waals surface area contributed by atoms with Gasteiger partial charge in [0.1, 0.15) is 0 Å².